The Bertz CT molecular complexity index is 903. The molecular formula is C19H22F3N7O. The second-order valence-corrected chi connectivity index (χ2v) is 8.61. The zero-order valence-corrected chi connectivity index (χ0v) is 16.3. The maximum absolute atomic E-state index is 12.7. The third kappa shape index (κ3) is 3.51. The maximum Gasteiger partial charge on any atom is 0.417 e. The molecule has 3 aliphatic heterocycles. The van der Waals surface area contributed by atoms with Gasteiger partial charge in [-0.15, -0.1) is 0 Å². The number of aromatic amines is 1. The summed E-state index contributed by atoms with van der Waals surface area (Å²) >= 11 is 0. The van der Waals surface area contributed by atoms with Crippen molar-refractivity contribution in [3.63, 3.8) is 0 Å². The second kappa shape index (κ2) is 6.93. The molecule has 5 heterocycles. The predicted molar refractivity (Wildman–Crippen MR) is 99.2 cm³/mol. The first kappa shape index (κ1) is 19.3. The average Bonchev–Trinajstić information content (AvgIpc) is 3.29. The number of hydrogen-bond acceptors (Lipinski definition) is 5. The number of carbonyl (C=O) groups is 1. The number of carbonyl (C=O) groups excluding carboxylic acids is 1. The number of aromatic nitrogens is 4. The molecular weight excluding hydrogens is 399 g/mol. The van der Waals surface area contributed by atoms with E-state index in [-0.39, 0.29) is 17.4 Å². The molecule has 0 unspecified atom stereocenters. The van der Waals surface area contributed by atoms with E-state index in [0.29, 0.717) is 25.3 Å². The van der Waals surface area contributed by atoms with Gasteiger partial charge in [-0.1, -0.05) is 0 Å². The van der Waals surface area contributed by atoms with Crippen LogP contribution in [0.5, 0.6) is 0 Å². The van der Waals surface area contributed by atoms with E-state index in [2.05, 4.69) is 25.1 Å². The Morgan fingerprint density at radius 1 is 1.17 bits per heavy atom. The monoisotopic (exact) mass is 421 g/mol. The molecule has 0 bridgehead atoms. The SMILES string of the molecule is O=C(N1CC(c2ncn[nH]2)C1)N1CC2(CCN(Cc3ccc(C(F)(F)F)cn3)C2)C1. The van der Waals surface area contributed by atoms with Crippen molar-refractivity contribution in [2.24, 2.45) is 5.41 Å². The molecule has 3 aliphatic rings. The van der Waals surface area contributed by atoms with E-state index in [9.17, 15) is 18.0 Å². The summed E-state index contributed by atoms with van der Waals surface area (Å²) in [6.07, 6.45) is -1.01. The third-order valence-corrected chi connectivity index (χ3v) is 6.35. The van der Waals surface area contributed by atoms with E-state index in [1.807, 2.05) is 9.80 Å². The molecule has 160 valence electrons. The van der Waals surface area contributed by atoms with Gasteiger partial charge in [-0.25, -0.2) is 9.78 Å². The van der Waals surface area contributed by atoms with Gasteiger partial charge < -0.3 is 9.80 Å². The van der Waals surface area contributed by atoms with Crippen molar-refractivity contribution in [3.8, 4) is 0 Å². The minimum Gasteiger partial charge on any atom is -0.323 e. The van der Waals surface area contributed by atoms with Crippen LogP contribution in [-0.2, 0) is 12.7 Å². The summed E-state index contributed by atoms with van der Waals surface area (Å²) in [5, 5.41) is 6.70. The predicted octanol–water partition coefficient (Wildman–Crippen LogP) is 1.95. The van der Waals surface area contributed by atoms with Gasteiger partial charge in [-0.3, -0.25) is 15.0 Å². The summed E-state index contributed by atoms with van der Waals surface area (Å²) in [6.45, 7) is 4.99. The summed E-state index contributed by atoms with van der Waals surface area (Å²) in [5.74, 6) is 1.05. The van der Waals surface area contributed by atoms with Crippen LogP contribution in [-0.4, -0.2) is 80.2 Å². The standard InChI is InChI=1S/C19H22F3N7O/c20-19(21,22)14-1-2-15(23-5-14)8-27-4-3-18(9-27)10-29(11-18)17(30)28-6-13(7-28)16-24-12-25-26-16/h1-2,5,12-13H,3-4,6-11H2,(H,24,25,26). The Morgan fingerprint density at radius 3 is 2.60 bits per heavy atom. The van der Waals surface area contributed by atoms with Crippen LogP contribution in [0.4, 0.5) is 18.0 Å². The highest BCUT2D eigenvalue weighted by Crippen LogP contribution is 2.41. The topological polar surface area (TPSA) is 81.2 Å². The van der Waals surface area contributed by atoms with Crippen molar-refractivity contribution in [1.29, 1.82) is 0 Å². The number of rotatable bonds is 3. The quantitative estimate of drug-likeness (QED) is 0.819. The smallest absolute Gasteiger partial charge is 0.323 e. The molecule has 0 atom stereocenters. The van der Waals surface area contributed by atoms with Crippen LogP contribution in [0, 0.1) is 5.41 Å². The Morgan fingerprint density at radius 2 is 1.97 bits per heavy atom. The minimum absolute atomic E-state index is 0.0687. The van der Waals surface area contributed by atoms with E-state index in [1.54, 1.807) is 0 Å². The lowest BCUT2D eigenvalue weighted by Gasteiger charge is -2.51. The lowest BCUT2D eigenvalue weighted by Crippen LogP contribution is -2.64. The van der Waals surface area contributed by atoms with Crippen molar-refractivity contribution in [2.45, 2.75) is 25.1 Å². The van der Waals surface area contributed by atoms with Crippen molar-refractivity contribution in [2.75, 3.05) is 39.3 Å². The van der Waals surface area contributed by atoms with Gasteiger partial charge in [-0.2, -0.15) is 18.3 Å². The largest absolute Gasteiger partial charge is 0.417 e. The zero-order valence-electron chi connectivity index (χ0n) is 16.3. The number of nitrogens with zero attached hydrogens (tertiary/aromatic N) is 6. The van der Waals surface area contributed by atoms with E-state index >= 15 is 0 Å². The summed E-state index contributed by atoms with van der Waals surface area (Å²) in [4.78, 5) is 26.7. The van der Waals surface area contributed by atoms with Crippen LogP contribution < -0.4 is 0 Å². The summed E-state index contributed by atoms with van der Waals surface area (Å²) in [6, 6.07) is 2.59. The zero-order chi connectivity index (χ0) is 20.9. The molecule has 0 aromatic carbocycles. The van der Waals surface area contributed by atoms with Crippen molar-refractivity contribution >= 4 is 6.03 Å². The maximum atomic E-state index is 12.7. The van der Waals surface area contributed by atoms with E-state index in [0.717, 1.165) is 50.7 Å². The van der Waals surface area contributed by atoms with Gasteiger partial charge in [0.2, 0.25) is 0 Å². The van der Waals surface area contributed by atoms with Crippen LogP contribution in [0.1, 0.15) is 29.4 Å². The van der Waals surface area contributed by atoms with Crippen LogP contribution in [0.3, 0.4) is 0 Å². The van der Waals surface area contributed by atoms with E-state index in [1.165, 1.54) is 12.4 Å². The van der Waals surface area contributed by atoms with Gasteiger partial charge in [-0.05, 0) is 25.1 Å². The molecule has 11 heteroatoms. The van der Waals surface area contributed by atoms with E-state index < -0.39 is 11.7 Å². The summed E-state index contributed by atoms with van der Waals surface area (Å²) in [5.41, 5.74) is -0.00304. The fourth-order valence-electron chi connectivity index (χ4n) is 4.65. The average molecular weight is 421 g/mol. The second-order valence-electron chi connectivity index (χ2n) is 8.61. The first-order valence-corrected chi connectivity index (χ1v) is 9.95. The van der Waals surface area contributed by atoms with Crippen LogP contribution >= 0.6 is 0 Å². The third-order valence-electron chi connectivity index (χ3n) is 6.35. The molecule has 1 spiro atoms. The van der Waals surface area contributed by atoms with Crippen molar-refractivity contribution in [1.82, 2.24) is 34.9 Å². The molecule has 3 fully saturated rings. The van der Waals surface area contributed by atoms with Crippen LogP contribution in [0.2, 0.25) is 0 Å². The van der Waals surface area contributed by atoms with Crippen molar-refractivity contribution < 1.29 is 18.0 Å². The van der Waals surface area contributed by atoms with Gasteiger partial charge in [0, 0.05) is 50.9 Å². The van der Waals surface area contributed by atoms with Crippen LogP contribution in [0.25, 0.3) is 0 Å². The van der Waals surface area contributed by atoms with Crippen LogP contribution in [0.15, 0.2) is 24.7 Å². The molecule has 8 nitrogen and oxygen atoms in total. The lowest BCUT2D eigenvalue weighted by molar-refractivity contribution is -0.137. The highest BCUT2D eigenvalue weighted by molar-refractivity contribution is 5.76. The Hall–Kier alpha value is -2.69. The normalized spacial score (nSPS) is 21.7. The Kier molecular flexibility index (Phi) is 4.46. The number of amides is 2. The number of pyridine rings is 1. The first-order valence-electron chi connectivity index (χ1n) is 9.95. The molecule has 30 heavy (non-hydrogen) atoms. The highest BCUT2D eigenvalue weighted by atomic mass is 19.4. The van der Waals surface area contributed by atoms with Gasteiger partial charge in [0.15, 0.2) is 0 Å². The summed E-state index contributed by atoms with van der Waals surface area (Å²) < 4.78 is 38.0. The van der Waals surface area contributed by atoms with Gasteiger partial charge in [0.25, 0.3) is 0 Å². The number of likely N-dealkylation sites (tertiary alicyclic amines) is 3. The Balaban J connectivity index is 1.09. The minimum atomic E-state index is -4.36. The van der Waals surface area contributed by atoms with Gasteiger partial charge >= 0.3 is 12.2 Å². The fourth-order valence-corrected chi connectivity index (χ4v) is 4.65. The fraction of sp³-hybridized carbons (Fsp3) is 0.579. The molecule has 0 radical (unpaired) electrons. The molecule has 0 saturated carbocycles. The highest BCUT2D eigenvalue weighted by Gasteiger charge is 2.51. The molecule has 1 N–H and O–H groups in total. The van der Waals surface area contributed by atoms with Crippen molar-refractivity contribution in [3.05, 3.63) is 41.7 Å². The molecule has 0 aliphatic carbocycles. The number of hydrogen-bond donors (Lipinski definition) is 1. The number of alkyl halides is 3. The number of nitrogens with one attached hydrogen (secondary N) is 1. The Labute approximate surface area is 171 Å². The first-order chi connectivity index (χ1) is 14.3. The molecule has 2 aromatic heterocycles. The number of H-pyrrole nitrogens is 1. The van der Waals surface area contributed by atoms with Gasteiger partial charge in [0.05, 0.1) is 17.2 Å². The number of halogens is 3. The molecule has 3 saturated heterocycles. The molecule has 2 amide bonds. The van der Waals surface area contributed by atoms with Gasteiger partial charge in [0.1, 0.15) is 12.2 Å². The summed E-state index contributed by atoms with van der Waals surface area (Å²) in [7, 11) is 0. The van der Waals surface area contributed by atoms with E-state index in [4.69, 9.17) is 0 Å². The lowest BCUT2D eigenvalue weighted by atomic mass is 9.79. The number of urea groups is 1. The molecule has 2 aromatic rings. The molecule has 5 rings (SSSR count).